The molecule has 2 aromatic rings. The van der Waals surface area contributed by atoms with Crippen LogP contribution in [0.15, 0.2) is 18.5 Å². The number of tetrazole rings is 1. The SMILES string of the molecule is Cn1nnc(Cn2cccn2)n1. The van der Waals surface area contributed by atoms with Crippen LogP contribution in [0.25, 0.3) is 0 Å². The Kier molecular flexibility index (Phi) is 1.58. The van der Waals surface area contributed by atoms with Crippen molar-refractivity contribution in [2.75, 3.05) is 0 Å². The molecule has 2 aromatic heterocycles. The molecule has 0 aliphatic heterocycles. The van der Waals surface area contributed by atoms with E-state index in [1.807, 2.05) is 12.3 Å². The van der Waals surface area contributed by atoms with Gasteiger partial charge in [0.25, 0.3) is 0 Å². The molecule has 6 nitrogen and oxygen atoms in total. The number of aromatic nitrogens is 6. The van der Waals surface area contributed by atoms with E-state index in [2.05, 4.69) is 20.5 Å². The van der Waals surface area contributed by atoms with Crippen molar-refractivity contribution in [3.63, 3.8) is 0 Å². The van der Waals surface area contributed by atoms with Gasteiger partial charge in [0.15, 0.2) is 5.82 Å². The number of aryl methyl sites for hydroxylation is 1. The molecule has 2 rings (SSSR count). The van der Waals surface area contributed by atoms with Gasteiger partial charge in [-0.25, -0.2) is 0 Å². The number of hydrogen-bond donors (Lipinski definition) is 0. The van der Waals surface area contributed by atoms with Gasteiger partial charge in [-0.2, -0.15) is 9.90 Å². The van der Waals surface area contributed by atoms with Crippen molar-refractivity contribution in [1.82, 2.24) is 30.0 Å². The van der Waals surface area contributed by atoms with E-state index in [0.29, 0.717) is 12.4 Å². The van der Waals surface area contributed by atoms with Crippen LogP contribution in [0.5, 0.6) is 0 Å². The van der Waals surface area contributed by atoms with Crippen molar-refractivity contribution in [3.05, 3.63) is 24.3 Å². The van der Waals surface area contributed by atoms with Gasteiger partial charge in [-0.1, -0.05) is 0 Å². The lowest BCUT2D eigenvalue weighted by atomic mass is 10.6. The van der Waals surface area contributed by atoms with Gasteiger partial charge in [-0.15, -0.1) is 10.2 Å². The molecule has 0 aliphatic carbocycles. The normalized spacial score (nSPS) is 10.4. The highest BCUT2D eigenvalue weighted by atomic mass is 15.6. The smallest absolute Gasteiger partial charge is 0.196 e. The molecule has 2 heterocycles. The molecule has 0 bridgehead atoms. The Labute approximate surface area is 68.8 Å². The van der Waals surface area contributed by atoms with E-state index < -0.39 is 0 Å². The van der Waals surface area contributed by atoms with Gasteiger partial charge in [0.2, 0.25) is 0 Å². The molecule has 0 aliphatic rings. The zero-order valence-electron chi connectivity index (χ0n) is 6.62. The van der Waals surface area contributed by atoms with Crippen molar-refractivity contribution >= 4 is 0 Å². The second kappa shape index (κ2) is 2.72. The van der Waals surface area contributed by atoms with Gasteiger partial charge >= 0.3 is 0 Å². The highest BCUT2D eigenvalue weighted by Gasteiger charge is 2.00. The Bertz CT molecular complexity index is 348. The lowest BCUT2D eigenvalue weighted by Crippen LogP contribution is -2.02. The third-order valence-electron chi connectivity index (χ3n) is 1.41. The van der Waals surface area contributed by atoms with Gasteiger partial charge in [0.1, 0.15) is 6.54 Å². The van der Waals surface area contributed by atoms with Crippen molar-refractivity contribution < 1.29 is 0 Å². The van der Waals surface area contributed by atoms with Crippen LogP contribution in [0, 0.1) is 0 Å². The summed E-state index contributed by atoms with van der Waals surface area (Å²) in [5.74, 6) is 0.668. The van der Waals surface area contributed by atoms with Crippen LogP contribution in [0.2, 0.25) is 0 Å². The summed E-state index contributed by atoms with van der Waals surface area (Å²) < 4.78 is 1.75. The third-order valence-corrected chi connectivity index (χ3v) is 1.41. The van der Waals surface area contributed by atoms with E-state index in [-0.39, 0.29) is 0 Å². The Hall–Kier alpha value is -1.72. The second-order valence-electron chi connectivity index (χ2n) is 2.40. The predicted molar refractivity (Wildman–Crippen MR) is 40.1 cm³/mol. The maximum Gasteiger partial charge on any atom is 0.196 e. The van der Waals surface area contributed by atoms with Crippen LogP contribution in [0.4, 0.5) is 0 Å². The molecule has 0 saturated heterocycles. The standard InChI is InChI=1S/C6H8N6/c1-11-9-6(8-10-11)5-12-4-2-3-7-12/h2-4H,5H2,1H3. The molecule has 0 unspecified atom stereocenters. The first-order valence-electron chi connectivity index (χ1n) is 3.55. The molecule has 0 saturated carbocycles. The van der Waals surface area contributed by atoms with Crippen LogP contribution in [-0.2, 0) is 13.6 Å². The average Bonchev–Trinajstić information content (AvgIpc) is 2.63. The quantitative estimate of drug-likeness (QED) is 0.597. The first kappa shape index (κ1) is 6.96. The lowest BCUT2D eigenvalue weighted by Gasteiger charge is -1.92. The van der Waals surface area contributed by atoms with E-state index in [1.54, 1.807) is 17.9 Å². The average molecular weight is 164 g/mol. The Morgan fingerprint density at radius 1 is 1.50 bits per heavy atom. The van der Waals surface area contributed by atoms with Gasteiger partial charge < -0.3 is 0 Å². The van der Waals surface area contributed by atoms with Crippen molar-refractivity contribution in [3.8, 4) is 0 Å². The van der Waals surface area contributed by atoms with Crippen LogP contribution >= 0.6 is 0 Å². The van der Waals surface area contributed by atoms with Crippen molar-refractivity contribution in [2.45, 2.75) is 6.54 Å². The molecule has 12 heavy (non-hydrogen) atoms. The maximum atomic E-state index is 4.02. The van der Waals surface area contributed by atoms with E-state index in [9.17, 15) is 0 Å². The summed E-state index contributed by atoms with van der Waals surface area (Å²) in [6.07, 6.45) is 3.58. The fourth-order valence-corrected chi connectivity index (χ4v) is 0.926. The number of nitrogens with zero attached hydrogens (tertiary/aromatic N) is 6. The maximum absolute atomic E-state index is 4.02. The summed E-state index contributed by atoms with van der Waals surface area (Å²) in [7, 11) is 1.74. The zero-order valence-corrected chi connectivity index (χ0v) is 6.62. The monoisotopic (exact) mass is 164 g/mol. The molecule has 0 radical (unpaired) electrons. The summed E-state index contributed by atoms with van der Waals surface area (Å²) >= 11 is 0. The summed E-state index contributed by atoms with van der Waals surface area (Å²) in [4.78, 5) is 1.43. The van der Waals surface area contributed by atoms with Gasteiger partial charge in [-0.05, 0) is 11.3 Å². The van der Waals surface area contributed by atoms with Crippen LogP contribution in [0.1, 0.15) is 5.82 Å². The Morgan fingerprint density at radius 3 is 3.00 bits per heavy atom. The molecule has 6 heteroatoms. The van der Waals surface area contributed by atoms with E-state index in [4.69, 9.17) is 0 Å². The highest BCUT2D eigenvalue weighted by molar-refractivity contribution is 4.83. The number of rotatable bonds is 2. The molecule has 0 amide bonds. The summed E-state index contributed by atoms with van der Waals surface area (Å²) in [5, 5.41) is 15.6. The third kappa shape index (κ3) is 1.31. The topological polar surface area (TPSA) is 61.4 Å². The first-order valence-corrected chi connectivity index (χ1v) is 3.55. The molecule has 0 spiro atoms. The van der Waals surface area contributed by atoms with Gasteiger partial charge in [-0.3, -0.25) is 4.68 Å². The molecule has 0 fully saturated rings. The van der Waals surface area contributed by atoms with Crippen molar-refractivity contribution in [2.24, 2.45) is 7.05 Å². The molecule has 0 N–H and O–H groups in total. The van der Waals surface area contributed by atoms with Gasteiger partial charge in [0, 0.05) is 12.4 Å². The highest BCUT2D eigenvalue weighted by Crippen LogP contribution is 1.90. The largest absolute Gasteiger partial charge is 0.265 e. The van der Waals surface area contributed by atoms with Crippen molar-refractivity contribution in [1.29, 1.82) is 0 Å². The molecule has 0 atom stereocenters. The van der Waals surface area contributed by atoms with E-state index in [1.165, 1.54) is 4.80 Å². The fraction of sp³-hybridized carbons (Fsp3) is 0.333. The minimum atomic E-state index is 0.570. The summed E-state index contributed by atoms with van der Waals surface area (Å²) in [5.41, 5.74) is 0. The Morgan fingerprint density at radius 2 is 2.42 bits per heavy atom. The number of hydrogen-bond acceptors (Lipinski definition) is 4. The van der Waals surface area contributed by atoms with E-state index >= 15 is 0 Å². The molecule has 0 aromatic carbocycles. The molecular weight excluding hydrogens is 156 g/mol. The lowest BCUT2D eigenvalue weighted by molar-refractivity contribution is 0.617. The minimum Gasteiger partial charge on any atom is -0.265 e. The van der Waals surface area contributed by atoms with Crippen LogP contribution in [0.3, 0.4) is 0 Å². The second-order valence-corrected chi connectivity index (χ2v) is 2.40. The van der Waals surface area contributed by atoms with Crippen LogP contribution in [-0.4, -0.2) is 30.0 Å². The predicted octanol–water partition coefficient (Wildman–Crippen LogP) is -0.545. The minimum absolute atomic E-state index is 0.570. The molecule has 62 valence electrons. The van der Waals surface area contributed by atoms with Gasteiger partial charge in [0.05, 0.1) is 7.05 Å². The first-order chi connectivity index (χ1) is 5.84. The Balaban J connectivity index is 2.14. The fourth-order valence-electron chi connectivity index (χ4n) is 0.926. The van der Waals surface area contributed by atoms with Crippen LogP contribution < -0.4 is 0 Å². The van der Waals surface area contributed by atoms with E-state index in [0.717, 1.165) is 0 Å². The summed E-state index contributed by atoms with van der Waals surface area (Å²) in [6, 6.07) is 1.86. The molecular formula is C6H8N6. The summed E-state index contributed by atoms with van der Waals surface area (Å²) in [6.45, 7) is 0.570. The zero-order chi connectivity index (χ0) is 8.39.